The predicted octanol–water partition coefficient (Wildman–Crippen LogP) is 3.08. The van der Waals surface area contributed by atoms with Crippen LogP contribution in [0.3, 0.4) is 0 Å². The first-order valence-corrected chi connectivity index (χ1v) is 8.30. The minimum Gasteiger partial charge on any atom is -0.337 e. The second-order valence-electron chi connectivity index (χ2n) is 6.17. The number of hydrogen-bond donors (Lipinski definition) is 2. The van der Waals surface area contributed by atoms with Crippen LogP contribution in [0.5, 0.6) is 0 Å². The van der Waals surface area contributed by atoms with Crippen LogP contribution < -0.4 is 5.32 Å². The summed E-state index contributed by atoms with van der Waals surface area (Å²) in [6, 6.07) is 13.2. The van der Waals surface area contributed by atoms with Gasteiger partial charge in [0.1, 0.15) is 12.2 Å². The molecule has 0 radical (unpaired) electrons. The molecule has 0 aliphatic rings. The van der Waals surface area contributed by atoms with Crippen molar-refractivity contribution in [2.24, 2.45) is 0 Å². The highest BCUT2D eigenvalue weighted by molar-refractivity contribution is 5.93. The van der Waals surface area contributed by atoms with E-state index in [1.54, 1.807) is 10.9 Å². The quantitative estimate of drug-likeness (QED) is 0.594. The molecule has 4 aromatic rings. The molecule has 3 heterocycles. The molecule has 1 aromatic carbocycles. The van der Waals surface area contributed by atoms with Gasteiger partial charge in [-0.1, -0.05) is 6.07 Å². The summed E-state index contributed by atoms with van der Waals surface area (Å²) in [5, 5.41) is 7.22. The number of nitrogens with one attached hydrogen (secondary N) is 2. The molecule has 0 saturated carbocycles. The number of aromatic amines is 1. The zero-order chi connectivity index (χ0) is 18.1. The van der Waals surface area contributed by atoms with Crippen LogP contribution in [-0.4, -0.2) is 30.6 Å². The highest BCUT2D eigenvalue weighted by Gasteiger charge is 2.10. The van der Waals surface area contributed by atoms with E-state index in [2.05, 4.69) is 25.4 Å². The second kappa shape index (κ2) is 6.44. The van der Waals surface area contributed by atoms with Crippen molar-refractivity contribution in [2.45, 2.75) is 20.4 Å². The molecule has 7 nitrogen and oxygen atoms in total. The summed E-state index contributed by atoms with van der Waals surface area (Å²) >= 11 is 0. The van der Waals surface area contributed by atoms with Gasteiger partial charge in [0.25, 0.3) is 0 Å². The van der Waals surface area contributed by atoms with Gasteiger partial charge in [-0.25, -0.2) is 4.98 Å². The van der Waals surface area contributed by atoms with Crippen LogP contribution in [0.25, 0.3) is 22.6 Å². The number of anilines is 1. The van der Waals surface area contributed by atoms with Gasteiger partial charge < -0.3 is 10.3 Å². The Kier molecular flexibility index (Phi) is 3.96. The van der Waals surface area contributed by atoms with Crippen molar-refractivity contribution in [1.29, 1.82) is 0 Å². The lowest BCUT2D eigenvalue weighted by atomic mass is 10.2. The fraction of sp³-hybridized carbons (Fsp3) is 0.158. The highest BCUT2D eigenvalue weighted by atomic mass is 16.2. The smallest absolute Gasteiger partial charge is 0.246 e. The molecule has 130 valence electrons. The minimum absolute atomic E-state index is 0.125. The molecule has 0 spiro atoms. The second-order valence-corrected chi connectivity index (χ2v) is 6.17. The van der Waals surface area contributed by atoms with Crippen LogP contribution in [0.2, 0.25) is 0 Å². The fourth-order valence-corrected chi connectivity index (χ4v) is 2.88. The molecule has 26 heavy (non-hydrogen) atoms. The number of carbonyl (C=O) groups excluding carboxylic acids is 1. The lowest BCUT2D eigenvalue weighted by Gasteiger charge is -2.06. The van der Waals surface area contributed by atoms with E-state index < -0.39 is 0 Å². The van der Waals surface area contributed by atoms with Crippen molar-refractivity contribution in [1.82, 2.24) is 24.7 Å². The summed E-state index contributed by atoms with van der Waals surface area (Å²) in [6.45, 7) is 4.02. The molecule has 2 N–H and O–H groups in total. The van der Waals surface area contributed by atoms with E-state index >= 15 is 0 Å². The van der Waals surface area contributed by atoms with Crippen molar-refractivity contribution in [3.05, 3.63) is 60.0 Å². The molecule has 0 aliphatic carbocycles. The third kappa shape index (κ3) is 3.19. The maximum Gasteiger partial charge on any atom is 0.246 e. The van der Waals surface area contributed by atoms with E-state index in [9.17, 15) is 4.79 Å². The van der Waals surface area contributed by atoms with Crippen LogP contribution in [0.15, 0.2) is 48.7 Å². The molecular weight excluding hydrogens is 328 g/mol. The summed E-state index contributed by atoms with van der Waals surface area (Å²) in [4.78, 5) is 24.4. The number of imidazole rings is 1. The van der Waals surface area contributed by atoms with Gasteiger partial charge in [0, 0.05) is 17.6 Å². The van der Waals surface area contributed by atoms with Crippen molar-refractivity contribution in [3.8, 4) is 11.5 Å². The van der Waals surface area contributed by atoms with Crippen LogP contribution in [0.1, 0.15) is 11.4 Å². The molecule has 0 atom stereocenters. The lowest BCUT2D eigenvalue weighted by Crippen LogP contribution is -2.20. The third-order valence-electron chi connectivity index (χ3n) is 4.07. The Balaban J connectivity index is 1.54. The fourth-order valence-electron chi connectivity index (χ4n) is 2.88. The molecule has 1 amide bonds. The molecule has 7 heteroatoms. The molecule has 0 bridgehead atoms. The van der Waals surface area contributed by atoms with Crippen LogP contribution in [-0.2, 0) is 11.3 Å². The number of carbonyl (C=O) groups is 1. The normalized spacial score (nSPS) is 11.0. The number of fused-ring (bicyclic) bond motifs is 1. The summed E-state index contributed by atoms with van der Waals surface area (Å²) in [7, 11) is 0. The number of benzene rings is 1. The largest absolute Gasteiger partial charge is 0.337 e. The van der Waals surface area contributed by atoms with Gasteiger partial charge in [-0.15, -0.1) is 0 Å². The first kappa shape index (κ1) is 16.0. The number of pyridine rings is 1. The van der Waals surface area contributed by atoms with Crippen molar-refractivity contribution < 1.29 is 4.79 Å². The van der Waals surface area contributed by atoms with Crippen LogP contribution >= 0.6 is 0 Å². The van der Waals surface area contributed by atoms with E-state index in [1.807, 2.05) is 56.3 Å². The van der Waals surface area contributed by atoms with Crippen molar-refractivity contribution in [3.63, 3.8) is 0 Å². The van der Waals surface area contributed by atoms with Gasteiger partial charge in [-0.3, -0.25) is 14.5 Å². The standard InChI is InChI=1S/C19H18N6O/c1-12-9-13(2)25(24-12)11-18(26)21-14-6-7-15-17(10-14)23-19(22-15)16-5-3-4-8-20-16/h3-10H,11H2,1-2H3,(H,21,26)(H,22,23). The maximum atomic E-state index is 12.3. The minimum atomic E-state index is -0.125. The maximum absolute atomic E-state index is 12.3. The molecule has 3 aromatic heterocycles. The molecule has 4 rings (SSSR count). The topological polar surface area (TPSA) is 88.5 Å². The third-order valence-corrected chi connectivity index (χ3v) is 4.07. The van der Waals surface area contributed by atoms with Crippen molar-refractivity contribution in [2.75, 3.05) is 5.32 Å². The Morgan fingerprint density at radius 1 is 1.19 bits per heavy atom. The van der Waals surface area contributed by atoms with E-state index in [4.69, 9.17) is 0 Å². The highest BCUT2D eigenvalue weighted by Crippen LogP contribution is 2.21. The number of aromatic nitrogens is 5. The molecular formula is C19H18N6O. The summed E-state index contributed by atoms with van der Waals surface area (Å²) < 4.78 is 1.69. The van der Waals surface area contributed by atoms with E-state index in [0.29, 0.717) is 11.5 Å². The number of rotatable bonds is 4. The van der Waals surface area contributed by atoms with Crippen molar-refractivity contribution >= 4 is 22.6 Å². The Hall–Kier alpha value is -3.48. The first-order chi connectivity index (χ1) is 12.6. The zero-order valence-electron chi connectivity index (χ0n) is 14.5. The number of aryl methyl sites for hydroxylation is 2. The first-order valence-electron chi connectivity index (χ1n) is 8.30. The van der Waals surface area contributed by atoms with Gasteiger partial charge >= 0.3 is 0 Å². The lowest BCUT2D eigenvalue weighted by molar-refractivity contribution is -0.116. The van der Waals surface area contributed by atoms with Gasteiger partial charge in [-0.2, -0.15) is 5.10 Å². The summed E-state index contributed by atoms with van der Waals surface area (Å²) in [6.07, 6.45) is 1.73. The average Bonchev–Trinajstić information content (AvgIpc) is 3.18. The SMILES string of the molecule is Cc1cc(C)n(CC(=O)Nc2ccc3nc(-c4ccccn4)[nH]c3c2)n1. The zero-order valence-corrected chi connectivity index (χ0v) is 14.5. The molecule has 0 unspecified atom stereocenters. The average molecular weight is 346 g/mol. The summed E-state index contributed by atoms with van der Waals surface area (Å²) in [5.74, 6) is 0.576. The number of amides is 1. The number of H-pyrrole nitrogens is 1. The van der Waals surface area contributed by atoms with E-state index in [1.165, 1.54) is 0 Å². The van der Waals surface area contributed by atoms with E-state index in [0.717, 1.165) is 28.1 Å². The van der Waals surface area contributed by atoms with Gasteiger partial charge in [0.05, 0.1) is 16.7 Å². The number of hydrogen-bond acceptors (Lipinski definition) is 4. The molecule has 0 fully saturated rings. The van der Waals surface area contributed by atoms with Gasteiger partial charge in [0.2, 0.25) is 5.91 Å². The van der Waals surface area contributed by atoms with Crippen LogP contribution in [0, 0.1) is 13.8 Å². The van der Waals surface area contributed by atoms with Gasteiger partial charge in [-0.05, 0) is 50.2 Å². The Morgan fingerprint density at radius 2 is 2.08 bits per heavy atom. The molecule has 0 aliphatic heterocycles. The predicted molar refractivity (Wildman–Crippen MR) is 99.7 cm³/mol. The van der Waals surface area contributed by atoms with Crippen LogP contribution in [0.4, 0.5) is 5.69 Å². The monoisotopic (exact) mass is 346 g/mol. The summed E-state index contributed by atoms with van der Waals surface area (Å²) in [5.41, 5.74) is 5.01. The van der Waals surface area contributed by atoms with E-state index in [-0.39, 0.29) is 12.5 Å². The Morgan fingerprint density at radius 3 is 2.81 bits per heavy atom. The number of nitrogens with zero attached hydrogens (tertiary/aromatic N) is 4. The Bertz CT molecular complexity index is 1080. The van der Waals surface area contributed by atoms with Gasteiger partial charge in [0.15, 0.2) is 5.82 Å². The Labute approximate surface area is 150 Å². The molecule has 0 saturated heterocycles.